The second-order valence-corrected chi connectivity index (χ2v) is 12.7. The number of alkyl halides is 3. The summed E-state index contributed by atoms with van der Waals surface area (Å²) in [7, 11) is 0. The van der Waals surface area contributed by atoms with E-state index >= 15 is 0 Å². The third-order valence-corrected chi connectivity index (χ3v) is 11.0. The van der Waals surface area contributed by atoms with Gasteiger partial charge in [0.05, 0.1) is 0 Å². The first kappa shape index (κ1) is 23.5. The number of pyridine rings is 1. The van der Waals surface area contributed by atoms with Gasteiger partial charge in [0.15, 0.2) is 0 Å². The van der Waals surface area contributed by atoms with Crippen molar-refractivity contribution in [2.45, 2.75) is 88.2 Å². The molecule has 0 spiro atoms. The molecule has 0 saturated heterocycles. The number of unbranched alkanes of at least 4 members (excludes halogenated alkanes) is 3. The molecular formula is C21H30F4N2Sn. The average Bonchev–Trinajstić information content (AvgIpc) is 3.00. The number of hydrogen-bond donors (Lipinski definition) is 0. The van der Waals surface area contributed by atoms with Gasteiger partial charge < -0.3 is 0 Å². The van der Waals surface area contributed by atoms with Crippen molar-refractivity contribution in [3.8, 4) is 0 Å². The molecule has 2 aromatic rings. The number of imidazole rings is 1. The van der Waals surface area contributed by atoms with E-state index in [9.17, 15) is 17.6 Å². The van der Waals surface area contributed by atoms with Crippen LogP contribution in [0, 0.1) is 5.82 Å². The van der Waals surface area contributed by atoms with E-state index in [4.69, 9.17) is 0 Å². The predicted octanol–water partition coefficient (Wildman–Crippen LogP) is 6.55. The van der Waals surface area contributed by atoms with E-state index in [-0.39, 0.29) is 12.8 Å². The summed E-state index contributed by atoms with van der Waals surface area (Å²) in [5.41, 5.74) is -0.599. The van der Waals surface area contributed by atoms with Crippen LogP contribution in [0.25, 0.3) is 5.65 Å². The van der Waals surface area contributed by atoms with Gasteiger partial charge in [-0.3, -0.25) is 0 Å². The normalized spacial score (nSPS) is 12.8. The van der Waals surface area contributed by atoms with Crippen molar-refractivity contribution in [3.05, 3.63) is 29.8 Å². The van der Waals surface area contributed by atoms with Crippen LogP contribution in [0.2, 0.25) is 3.43 Å². The second kappa shape index (κ2) is 10.3. The molecule has 2 nitrogen and oxygen atoms in total. The molecular weight excluding hydrogens is 475 g/mol. The van der Waals surface area contributed by atoms with Gasteiger partial charge in [-0.1, -0.05) is 0 Å². The van der Waals surface area contributed by atoms with Crippen molar-refractivity contribution in [3.63, 3.8) is 0 Å². The molecule has 2 rings (SSSR count). The molecule has 0 aliphatic heterocycles. The molecule has 0 saturated carbocycles. The van der Waals surface area contributed by atoms with E-state index < -0.39 is 38.8 Å². The van der Waals surface area contributed by atoms with Crippen LogP contribution in [0.5, 0.6) is 0 Å². The first-order chi connectivity index (χ1) is 13.3. The monoisotopic (exact) mass is 506 g/mol. The third kappa shape index (κ3) is 5.86. The predicted molar refractivity (Wildman–Crippen MR) is 107 cm³/mol. The first-order valence-corrected chi connectivity index (χ1v) is 13.1. The minimum atomic E-state index is -4.51. The van der Waals surface area contributed by atoms with Gasteiger partial charge in [0.25, 0.3) is 0 Å². The summed E-state index contributed by atoms with van der Waals surface area (Å²) in [6, 6.07) is 2.52. The number of hydrogen-bond acceptors (Lipinski definition) is 1. The van der Waals surface area contributed by atoms with Crippen LogP contribution in [0.15, 0.2) is 18.3 Å². The molecule has 0 amide bonds. The Labute approximate surface area is 175 Å². The van der Waals surface area contributed by atoms with E-state index in [1.54, 1.807) is 0 Å². The fourth-order valence-electron chi connectivity index (χ4n) is 3.70. The summed E-state index contributed by atoms with van der Waals surface area (Å²) >= 11 is -1.72. The Bertz CT molecular complexity index is 733. The Morgan fingerprint density at radius 1 is 0.929 bits per heavy atom. The molecule has 0 aromatic carbocycles. The molecule has 28 heavy (non-hydrogen) atoms. The Hall–Kier alpha value is -0.791. The third-order valence-electron chi connectivity index (χ3n) is 5.26. The van der Waals surface area contributed by atoms with Crippen LogP contribution in [-0.4, -0.2) is 30.5 Å². The summed E-state index contributed by atoms with van der Waals surface area (Å²) in [6.07, 6.45) is 5.76. The first-order valence-electron chi connectivity index (χ1n) is 10.3. The van der Waals surface area contributed by atoms with Gasteiger partial charge in [-0.2, -0.15) is 0 Å². The van der Waals surface area contributed by atoms with Crippen LogP contribution < -0.4 is 3.71 Å². The van der Waals surface area contributed by atoms with Crippen LogP contribution >= 0.6 is 0 Å². The fraction of sp³-hybridized carbons (Fsp3) is 0.667. The zero-order valence-electron chi connectivity index (χ0n) is 17.0. The molecule has 0 unspecified atom stereocenters. The Morgan fingerprint density at radius 2 is 1.46 bits per heavy atom. The van der Waals surface area contributed by atoms with Gasteiger partial charge in [-0.25, -0.2) is 0 Å². The van der Waals surface area contributed by atoms with E-state index in [1.165, 1.54) is 22.7 Å². The standard InChI is InChI=1S/C13H27.C8H3F4N2.Sn/c1-4-7-10-13(11-8-5-2)12-9-6-3;9-5-1-2-7-13-6(8(10,11)12)4-14(7)3-5;/h4-12H2,1-3H3;1-3H;. The number of fused-ring (bicyclic) bond motifs is 1. The van der Waals surface area contributed by atoms with Crippen LogP contribution in [-0.2, 0) is 6.18 Å². The molecule has 2 aromatic heterocycles. The minimum absolute atomic E-state index is 0.0341. The van der Waals surface area contributed by atoms with Gasteiger partial charge in [0, 0.05) is 0 Å². The van der Waals surface area contributed by atoms with Crippen LogP contribution in [0.4, 0.5) is 17.6 Å². The fourth-order valence-corrected chi connectivity index (χ4v) is 9.47. The molecule has 0 aliphatic rings. The van der Waals surface area contributed by atoms with Gasteiger partial charge >= 0.3 is 175 Å². The van der Waals surface area contributed by atoms with Crippen molar-refractivity contribution in [1.82, 2.24) is 9.38 Å². The van der Waals surface area contributed by atoms with Gasteiger partial charge in [0.2, 0.25) is 0 Å². The quantitative estimate of drug-likeness (QED) is 0.250. The van der Waals surface area contributed by atoms with Gasteiger partial charge in [-0.15, -0.1) is 0 Å². The molecule has 0 bridgehead atoms. The Morgan fingerprint density at radius 3 is 1.93 bits per heavy atom. The van der Waals surface area contributed by atoms with Crippen molar-refractivity contribution in [2.24, 2.45) is 0 Å². The number of halogens is 4. The second-order valence-electron chi connectivity index (χ2n) is 7.60. The maximum absolute atomic E-state index is 13.9. The maximum atomic E-state index is 13.9. The molecule has 0 N–H and O–H groups in total. The zero-order chi connectivity index (χ0) is 20.8. The zero-order valence-corrected chi connectivity index (χ0v) is 19.9. The van der Waals surface area contributed by atoms with Crippen molar-refractivity contribution in [1.29, 1.82) is 0 Å². The number of nitrogens with zero attached hydrogens (tertiary/aromatic N) is 2. The molecule has 156 valence electrons. The molecule has 0 fully saturated rings. The topological polar surface area (TPSA) is 17.3 Å². The van der Waals surface area contributed by atoms with Gasteiger partial charge in [-0.05, 0) is 0 Å². The van der Waals surface area contributed by atoms with Gasteiger partial charge in [0.1, 0.15) is 0 Å². The van der Waals surface area contributed by atoms with E-state index in [0.717, 1.165) is 57.8 Å². The average molecular weight is 505 g/mol. The Kier molecular flexibility index (Phi) is 8.64. The molecule has 0 atom stereocenters. The summed E-state index contributed by atoms with van der Waals surface area (Å²) in [5.74, 6) is -0.527. The van der Waals surface area contributed by atoms with Crippen LogP contribution in [0.3, 0.4) is 0 Å². The molecule has 2 heterocycles. The van der Waals surface area contributed by atoms with Crippen molar-refractivity contribution < 1.29 is 17.6 Å². The summed E-state index contributed by atoms with van der Waals surface area (Å²) in [6.45, 7) is 6.38. The van der Waals surface area contributed by atoms with E-state index in [2.05, 4.69) is 25.8 Å². The van der Waals surface area contributed by atoms with E-state index in [1.807, 2.05) is 0 Å². The molecule has 7 heteroatoms. The van der Waals surface area contributed by atoms with E-state index in [0.29, 0.717) is 0 Å². The molecule has 0 aliphatic carbocycles. The number of rotatable bonds is 11. The van der Waals surface area contributed by atoms with Crippen molar-refractivity contribution >= 4 is 30.5 Å². The van der Waals surface area contributed by atoms with Crippen LogP contribution in [0.1, 0.15) is 84.3 Å². The summed E-state index contributed by atoms with van der Waals surface area (Å²) in [5, 5.41) is 0. The summed E-state index contributed by atoms with van der Waals surface area (Å²) in [4.78, 5) is 3.86. The Balaban J connectivity index is 2.56. The van der Waals surface area contributed by atoms with Crippen molar-refractivity contribution in [2.75, 3.05) is 0 Å². The molecule has 2 radical (unpaired) electrons. The summed E-state index contributed by atoms with van der Waals surface area (Å²) < 4.78 is 56.8. The number of aromatic nitrogens is 2. The SMILES string of the molecule is CCCC[C](CCCC)(CCCC)[Sn][c]1c(C(F)(F)F)nc2ccc(F)cn12.